The molecule has 0 aliphatic carbocycles. The van der Waals surface area contributed by atoms with Crippen LogP contribution in [0.5, 0.6) is 0 Å². The van der Waals surface area contributed by atoms with Gasteiger partial charge in [0.05, 0.1) is 16.5 Å². The molecule has 2 aromatic heterocycles. The number of aromatic nitrogens is 3. The van der Waals surface area contributed by atoms with Gasteiger partial charge in [-0.25, -0.2) is 13.4 Å². The van der Waals surface area contributed by atoms with E-state index >= 15 is 0 Å². The van der Waals surface area contributed by atoms with Crippen LogP contribution in [0.2, 0.25) is 0 Å². The van der Waals surface area contributed by atoms with Crippen LogP contribution < -0.4 is 0 Å². The molecule has 0 fully saturated rings. The van der Waals surface area contributed by atoms with Crippen LogP contribution >= 0.6 is 11.3 Å². The highest BCUT2D eigenvalue weighted by Gasteiger charge is 2.29. The van der Waals surface area contributed by atoms with Gasteiger partial charge < -0.3 is 4.52 Å². The van der Waals surface area contributed by atoms with Crippen LogP contribution in [0, 0.1) is 0 Å². The van der Waals surface area contributed by atoms with Crippen molar-refractivity contribution in [3.8, 4) is 0 Å². The van der Waals surface area contributed by atoms with Gasteiger partial charge in [0, 0.05) is 11.3 Å². The minimum absolute atomic E-state index is 0.0991. The second-order valence-corrected chi connectivity index (χ2v) is 9.20. The standard InChI is InChI=1S/C15H23N3O3S2/c1-5-6-7-13-16-12(8-22-13)9-23(19,20)11(4)15-17-14(10(2)3)18-21-15/h8,10-11H,5-7,9H2,1-4H3. The molecule has 128 valence electrons. The van der Waals surface area contributed by atoms with Crippen LogP contribution in [-0.4, -0.2) is 23.5 Å². The maximum atomic E-state index is 12.5. The summed E-state index contributed by atoms with van der Waals surface area (Å²) >= 11 is 1.52. The van der Waals surface area contributed by atoms with Gasteiger partial charge in [0.15, 0.2) is 15.7 Å². The van der Waals surface area contributed by atoms with Crippen LogP contribution in [0.25, 0.3) is 0 Å². The van der Waals surface area contributed by atoms with Crippen molar-refractivity contribution < 1.29 is 12.9 Å². The Morgan fingerprint density at radius 2 is 2.00 bits per heavy atom. The molecule has 0 aromatic carbocycles. The molecule has 1 atom stereocenters. The average Bonchev–Trinajstić information content (AvgIpc) is 3.13. The Labute approximate surface area is 141 Å². The van der Waals surface area contributed by atoms with Crippen molar-refractivity contribution in [1.82, 2.24) is 15.1 Å². The number of rotatable bonds is 8. The molecule has 0 N–H and O–H groups in total. The Morgan fingerprint density at radius 3 is 2.61 bits per heavy atom. The van der Waals surface area contributed by atoms with E-state index in [1.807, 2.05) is 19.2 Å². The smallest absolute Gasteiger partial charge is 0.244 e. The lowest BCUT2D eigenvalue weighted by molar-refractivity contribution is 0.369. The fourth-order valence-corrected chi connectivity index (χ4v) is 4.15. The summed E-state index contributed by atoms with van der Waals surface area (Å²) in [5.41, 5.74) is 0.594. The van der Waals surface area contributed by atoms with Gasteiger partial charge in [-0.05, 0) is 19.8 Å². The molecule has 6 nitrogen and oxygen atoms in total. The van der Waals surface area contributed by atoms with Crippen LogP contribution in [-0.2, 0) is 22.0 Å². The molecule has 2 rings (SSSR count). The molecule has 0 aliphatic rings. The summed E-state index contributed by atoms with van der Waals surface area (Å²) in [5, 5.41) is 5.81. The molecule has 2 aromatic rings. The van der Waals surface area contributed by atoms with Gasteiger partial charge in [-0.15, -0.1) is 11.3 Å². The molecule has 0 spiro atoms. The first-order chi connectivity index (χ1) is 10.8. The van der Waals surface area contributed by atoms with Crippen molar-refractivity contribution in [3.05, 3.63) is 27.8 Å². The summed E-state index contributed by atoms with van der Waals surface area (Å²) in [6.07, 6.45) is 3.06. The predicted octanol–water partition coefficient (Wildman–Crippen LogP) is 3.67. The predicted molar refractivity (Wildman–Crippen MR) is 90.2 cm³/mol. The van der Waals surface area contributed by atoms with Crippen molar-refractivity contribution in [2.24, 2.45) is 0 Å². The Bertz CT molecular complexity index is 735. The SMILES string of the molecule is CCCCc1nc(CS(=O)(=O)C(C)c2nc(C(C)C)no2)cs1. The molecule has 2 heterocycles. The number of hydrogen-bond acceptors (Lipinski definition) is 7. The third kappa shape index (κ3) is 4.60. The van der Waals surface area contributed by atoms with Crippen LogP contribution in [0.4, 0.5) is 0 Å². The van der Waals surface area contributed by atoms with Crippen molar-refractivity contribution in [3.63, 3.8) is 0 Å². The minimum atomic E-state index is -3.44. The quantitative estimate of drug-likeness (QED) is 0.716. The number of hydrogen-bond donors (Lipinski definition) is 0. The zero-order valence-corrected chi connectivity index (χ0v) is 15.6. The van der Waals surface area contributed by atoms with E-state index in [1.165, 1.54) is 11.3 Å². The number of nitrogens with zero attached hydrogens (tertiary/aromatic N) is 3. The molecule has 0 radical (unpaired) electrons. The third-order valence-electron chi connectivity index (χ3n) is 3.55. The van der Waals surface area contributed by atoms with Gasteiger partial charge in [0.2, 0.25) is 5.89 Å². The molecule has 8 heteroatoms. The fourth-order valence-electron chi connectivity index (χ4n) is 1.99. The highest BCUT2D eigenvalue weighted by molar-refractivity contribution is 7.90. The maximum absolute atomic E-state index is 12.5. The van der Waals surface area contributed by atoms with Crippen molar-refractivity contribution >= 4 is 21.2 Å². The van der Waals surface area contributed by atoms with E-state index in [4.69, 9.17) is 4.52 Å². The molecular formula is C15H23N3O3S2. The number of unbranched alkanes of at least 4 members (excludes halogenated alkanes) is 1. The van der Waals surface area contributed by atoms with Crippen LogP contribution in [0.1, 0.15) is 74.1 Å². The number of aryl methyl sites for hydroxylation is 1. The lowest BCUT2D eigenvalue weighted by Crippen LogP contribution is -2.13. The molecule has 0 saturated carbocycles. The highest BCUT2D eigenvalue weighted by atomic mass is 32.2. The fraction of sp³-hybridized carbons (Fsp3) is 0.667. The molecule has 0 aliphatic heterocycles. The summed E-state index contributed by atoms with van der Waals surface area (Å²) in [4.78, 5) is 8.60. The van der Waals surface area contributed by atoms with E-state index in [9.17, 15) is 8.42 Å². The van der Waals surface area contributed by atoms with E-state index in [-0.39, 0.29) is 17.6 Å². The van der Waals surface area contributed by atoms with Crippen molar-refractivity contribution in [1.29, 1.82) is 0 Å². The summed E-state index contributed by atoms with van der Waals surface area (Å²) in [5.74, 6) is 0.672. The summed E-state index contributed by atoms with van der Waals surface area (Å²) in [6, 6.07) is 0. The summed E-state index contributed by atoms with van der Waals surface area (Å²) in [6.45, 7) is 7.57. The maximum Gasteiger partial charge on any atom is 0.244 e. The second kappa shape index (κ2) is 7.53. The average molecular weight is 358 g/mol. The number of thiazole rings is 1. The lowest BCUT2D eigenvalue weighted by atomic mass is 10.2. The van der Waals surface area contributed by atoms with Crippen molar-refractivity contribution in [2.45, 2.75) is 63.9 Å². The molecular weight excluding hydrogens is 334 g/mol. The van der Waals surface area contributed by atoms with E-state index < -0.39 is 15.1 Å². The van der Waals surface area contributed by atoms with E-state index in [0.29, 0.717) is 11.5 Å². The molecule has 0 bridgehead atoms. The lowest BCUT2D eigenvalue weighted by Gasteiger charge is -2.07. The van der Waals surface area contributed by atoms with E-state index in [2.05, 4.69) is 22.0 Å². The zero-order chi connectivity index (χ0) is 17.0. The van der Waals surface area contributed by atoms with Crippen molar-refractivity contribution in [2.75, 3.05) is 0 Å². The monoisotopic (exact) mass is 357 g/mol. The van der Waals surface area contributed by atoms with Crippen LogP contribution in [0.15, 0.2) is 9.90 Å². The van der Waals surface area contributed by atoms with Gasteiger partial charge >= 0.3 is 0 Å². The summed E-state index contributed by atoms with van der Waals surface area (Å²) in [7, 11) is -3.44. The Morgan fingerprint density at radius 1 is 1.26 bits per heavy atom. The molecule has 0 saturated heterocycles. The van der Waals surface area contributed by atoms with Gasteiger partial charge in [-0.3, -0.25) is 0 Å². The Balaban J connectivity index is 2.09. The van der Waals surface area contributed by atoms with Gasteiger partial charge in [-0.2, -0.15) is 4.98 Å². The molecule has 0 amide bonds. The molecule has 23 heavy (non-hydrogen) atoms. The van der Waals surface area contributed by atoms with Crippen LogP contribution in [0.3, 0.4) is 0 Å². The summed E-state index contributed by atoms with van der Waals surface area (Å²) < 4.78 is 30.2. The first kappa shape index (κ1) is 18.1. The minimum Gasteiger partial charge on any atom is -0.338 e. The second-order valence-electron chi connectivity index (χ2n) is 5.93. The topological polar surface area (TPSA) is 86.0 Å². The zero-order valence-electron chi connectivity index (χ0n) is 13.9. The first-order valence-electron chi connectivity index (χ1n) is 7.81. The normalized spacial score (nSPS) is 13.6. The Hall–Kier alpha value is -1.28. The Kier molecular flexibility index (Phi) is 5.91. The first-order valence-corrected chi connectivity index (χ1v) is 10.4. The third-order valence-corrected chi connectivity index (χ3v) is 6.49. The number of sulfone groups is 1. The highest BCUT2D eigenvalue weighted by Crippen LogP contribution is 2.26. The van der Waals surface area contributed by atoms with E-state index in [0.717, 1.165) is 24.3 Å². The largest absolute Gasteiger partial charge is 0.338 e. The van der Waals surface area contributed by atoms with Gasteiger partial charge in [0.1, 0.15) is 5.25 Å². The van der Waals surface area contributed by atoms with Gasteiger partial charge in [0.25, 0.3) is 0 Å². The molecule has 1 unspecified atom stereocenters. The van der Waals surface area contributed by atoms with E-state index in [1.54, 1.807) is 6.92 Å². The van der Waals surface area contributed by atoms with Gasteiger partial charge in [-0.1, -0.05) is 32.3 Å².